The summed E-state index contributed by atoms with van der Waals surface area (Å²) in [6.45, 7) is 4.07. The van der Waals surface area contributed by atoms with Crippen LogP contribution in [0.15, 0.2) is 30.3 Å². The summed E-state index contributed by atoms with van der Waals surface area (Å²) in [7, 11) is 0. The minimum absolute atomic E-state index is 0.00656. The van der Waals surface area contributed by atoms with E-state index in [2.05, 4.69) is 21.6 Å². The van der Waals surface area contributed by atoms with Gasteiger partial charge >= 0.3 is 0 Å². The van der Waals surface area contributed by atoms with Crippen molar-refractivity contribution in [3.05, 3.63) is 47.2 Å². The van der Waals surface area contributed by atoms with Crippen LogP contribution >= 0.6 is 0 Å². The zero-order valence-electron chi connectivity index (χ0n) is 13.3. The van der Waals surface area contributed by atoms with Gasteiger partial charge in [0.2, 0.25) is 11.8 Å². The zero-order chi connectivity index (χ0) is 16.4. The van der Waals surface area contributed by atoms with Crippen LogP contribution in [0.25, 0.3) is 0 Å². The fourth-order valence-electron chi connectivity index (χ4n) is 3.10. The molecule has 1 aliphatic heterocycles. The van der Waals surface area contributed by atoms with Crippen LogP contribution < -0.4 is 5.32 Å². The Bertz CT molecular complexity index is 738. The van der Waals surface area contributed by atoms with Gasteiger partial charge in [-0.2, -0.15) is 5.10 Å². The average molecular weight is 312 g/mol. The maximum Gasteiger partial charge on any atom is 0.228 e. The molecule has 3 rings (SSSR count). The number of H-pyrrole nitrogens is 1. The van der Waals surface area contributed by atoms with Crippen molar-refractivity contribution in [2.75, 3.05) is 11.9 Å². The predicted octanol–water partition coefficient (Wildman–Crippen LogP) is 2.19. The summed E-state index contributed by atoms with van der Waals surface area (Å²) >= 11 is 0. The van der Waals surface area contributed by atoms with Crippen LogP contribution in [0.3, 0.4) is 0 Å². The van der Waals surface area contributed by atoms with E-state index in [-0.39, 0.29) is 24.3 Å². The summed E-state index contributed by atoms with van der Waals surface area (Å²) in [5, 5.41) is 9.58. The number of rotatable bonds is 3. The Kier molecular flexibility index (Phi) is 4.14. The molecule has 6 heteroatoms. The number of carbonyl (C=O) groups excluding carboxylic acids is 2. The van der Waals surface area contributed by atoms with E-state index in [0.717, 1.165) is 17.7 Å². The molecule has 1 aliphatic rings. The fourth-order valence-corrected chi connectivity index (χ4v) is 3.10. The molecule has 1 aromatic heterocycles. The number of hydrogen-bond acceptors (Lipinski definition) is 3. The van der Waals surface area contributed by atoms with E-state index in [1.807, 2.05) is 25.1 Å². The molecule has 0 radical (unpaired) electrons. The van der Waals surface area contributed by atoms with Crippen LogP contribution in [0.2, 0.25) is 0 Å². The normalized spacial score (nSPS) is 16.8. The number of aryl methyl sites for hydroxylation is 1. The topological polar surface area (TPSA) is 78.1 Å². The fraction of sp³-hybridized carbons (Fsp3) is 0.353. The number of nitrogens with zero attached hydrogens (tertiary/aromatic N) is 2. The first kappa shape index (κ1) is 15.3. The van der Waals surface area contributed by atoms with Gasteiger partial charge < -0.3 is 10.2 Å². The van der Waals surface area contributed by atoms with Crippen LogP contribution in [0, 0.1) is 6.92 Å². The molecule has 0 saturated heterocycles. The van der Waals surface area contributed by atoms with E-state index in [9.17, 15) is 9.59 Å². The molecule has 23 heavy (non-hydrogen) atoms. The molecule has 1 aromatic carbocycles. The molecule has 2 amide bonds. The van der Waals surface area contributed by atoms with Crippen LogP contribution in [0.1, 0.15) is 36.2 Å². The van der Waals surface area contributed by atoms with Crippen molar-refractivity contribution in [2.45, 2.75) is 32.7 Å². The van der Waals surface area contributed by atoms with Crippen LogP contribution in [0.4, 0.5) is 5.82 Å². The lowest BCUT2D eigenvalue weighted by Gasteiger charge is -2.36. The molecule has 1 atom stereocenters. The summed E-state index contributed by atoms with van der Waals surface area (Å²) in [5.74, 6) is 0.350. The van der Waals surface area contributed by atoms with E-state index >= 15 is 0 Å². The van der Waals surface area contributed by atoms with E-state index in [4.69, 9.17) is 0 Å². The Morgan fingerprint density at radius 1 is 1.39 bits per heavy atom. The summed E-state index contributed by atoms with van der Waals surface area (Å²) in [4.78, 5) is 26.1. The molecule has 0 aliphatic carbocycles. The van der Waals surface area contributed by atoms with Crippen molar-refractivity contribution in [1.82, 2.24) is 15.1 Å². The smallest absolute Gasteiger partial charge is 0.228 e. The number of aromatic nitrogens is 2. The molecule has 120 valence electrons. The van der Waals surface area contributed by atoms with Crippen molar-refractivity contribution in [3.8, 4) is 0 Å². The molecule has 6 nitrogen and oxygen atoms in total. The summed E-state index contributed by atoms with van der Waals surface area (Å²) in [6, 6.07) is 9.55. The van der Waals surface area contributed by atoms with Crippen molar-refractivity contribution >= 4 is 17.6 Å². The van der Waals surface area contributed by atoms with Gasteiger partial charge in [0.25, 0.3) is 0 Å². The number of hydrogen-bond donors (Lipinski definition) is 2. The van der Waals surface area contributed by atoms with Crippen LogP contribution in [0.5, 0.6) is 0 Å². The van der Waals surface area contributed by atoms with Gasteiger partial charge in [-0.3, -0.25) is 14.7 Å². The SMILES string of the molecule is CC(=O)N1CCc2ccccc2[C@H]1CC(=O)Nc1cc(C)[nH]n1. The second kappa shape index (κ2) is 6.24. The number of amides is 2. The van der Waals surface area contributed by atoms with Crippen molar-refractivity contribution in [2.24, 2.45) is 0 Å². The van der Waals surface area contributed by atoms with Crippen molar-refractivity contribution in [3.63, 3.8) is 0 Å². The molecular weight excluding hydrogens is 292 g/mol. The Morgan fingerprint density at radius 3 is 2.87 bits per heavy atom. The zero-order valence-corrected chi connectivity index (χ0v) is 13.3. The first-order valence-electron chi connectivity index (χ1n) is 7.71. The molecule has 0 saturated carbocycles. The average Bonchev–Trinajstić information content (AvgIpc) is 2.92. The number of carbonyl (C=O) groups is 2. The molecule has 2 N–H and O–H groups in total. The Labute approximate surface area is 134 Å². The van der Waals surface area contributed by atoms with Crippen molar-refractivity contribution in [1.29, 1.82) is 0 Å². The second-order valence-corrected chi connectivity index (χ2v) is 5.87. The molecular formula is C17H20N4O2. The third kappa shape index (κ3) is 3.26. The quantitative estimate of drug-likeness (QED) is 0.912. The Morgan fingerprint density at radius 2 is 2.17 bits per heavy atom. The number of benzene rings is 1. The van der Waals surface area contributed by atoms with Gasteiger partial charge in [0.15, 0.2) is 5.82 Å². The monoisotopic (exact) mass is 312 g/mol. The highest BCUT2D eigenvalue weighted by Crippen LogP contribution is 2.32. The third-order valence-electron chi connectivity index (χ3n) is 4.17. The van der Waals surface area contributed by atoms with E-state index < -0.39 is 0 Å². The van der Waals surface area contributed by atoms with E-state index in [0.29, 0.717) is 12.4 Å². The first-order chi connectivity index (χ1) is 11.0. The lowest BCUT2D eigenvalue weighted by atomic mass is 9.90. The summed E-state index contributed by atoms with van der Waals surface area (Å²) < 4.78 is 0. The molecule has 0 unspecified atom stereocenters. The minimum Gasteiger partial charge on any atom is -0.335 e. The Balaban J connectivity index is 1.80. The minimum atomic E-state index is -0.225. The van der Waals surface area contributed by atoms with Gasteiger partial charge in [-0.25, -0.2) is 0 Å². The van der Waals surface area contributed by atoms with Crippen molar-refractivity contribution < 1.29 is 9.59 Å². The lowest BCUT2D eigenvalue weighted by Crippen LogP contribution is -2.40. The second-order valence-electron chi connectivity index (χ2n) is 5.87. The number of anilines is 1. The third-order valence-corrected chi connectivity index (χ3v) is 4.17. The highest BCUT2D eigenvalue weighted by molar-refractivity contribution is 5.90. The molecule has 0 fully saturated rings. The van der Waals surface area contributed by atoms with E-state index in [1.54, 1.807) is 17.9 Å². The lowest BCUT2D eigenvalue weighted by molar-refractivity contribution is -0.132. The summed E-state index contributed by atoms with van der Waals surface area (Å²) in [5.41, 5.74) is 3.15. The van der Waals surface area contributed by atoms with Crippen LogP contribution in [-0.4, -0.2) is 33.5 Å². The Hall–Kier alpha value is -2.63. The van der Waals surface area contributed by atoms with Gasteiger partial charge in [0, 0.05) is 25.2 Å². The highest BCUT2D eigenvalue weighted by Gasteiger charge is 2.30. The first-order valence-corrected chi connectivity index (χ1v) is 7.71. The number of nitrogens with one attached hydrogen (secondary N) is 2. The largest absolute Gasteiger partial charge is 0.335 e. The summed E-state index contributed by atoms with van der Waals surface area (Å²) in [6.07, 6.45) is 1.05. The molecule has 0 spiro atoms. The van der Waals surface area contributed by atoms with Gasteiger partial charge in [0.1, 0.15) is 0 Å². The van der Waals surface area contributed by atoms with Gasteiger partial charge in [-0.1, -0.05) is 24.3 Å². The maximum absolute atomic E-state index is 12.4. The number of aromatic amines is 1. The standard InChI is InChI=1S/C17H20N4O2/c1-11-9-16(20-19-11)18-17(23)10-15-14-6-4-3-5-13(14)7-8-21(15)12(2)22/h3-6,9,15H,7-8,10H2,1-2H3,(H2,18,19,20,23)/t15-/m1/s1. The van der Waals surface area contributed by atoms with Gasteiger partial charge in [0.05, 0.1) is 12.5 Å². The van der Waals surface area contributed by atoms with E-state index in [1.165, 1.54) is 5.56 Å². The van der Waals surface area contributed by atoms with Crippen LogP contribution in [-0.2, 0) is 16.0 Å². The molecule has 0 bridgehead atoms. The molecule has 2 aromatic rings. The van der Waals surface area contributed by atoms with Gasteiger partial charge in [-0.05, 0) is 24.5 Å². The highest BCUT2D eigenvalue weighted by atomic mass is 16.2. The molecule has 2 heterocycles. The number of fused-ring (bicyclic) bond motifs is 1. The van der Waals surface area contributed by atoms with Gasteiger partial charge in [-0.15, -0.1) is 0 Å². The predicted molar refractivity (Wildman–Crippen MR) is 86.8 cm³/mol. The maximum atomic E-state index is 12.4.